The third kappa shape index (κ3) is 5.14. The van der Waals surface area contributed by atoms with Gasteiger partial charge in [0.15, 0.2) is 0 Å². The fourth-order valence-corrected chi connectivity index (χ4v) is 3.57. The smallest absolute Gasteiger partial charge is 0.338 e. The van der Waals surface area contributed by atoms with Gasteiger partial charge in [-0.05, 0) is 50.8 Å². The normalized spacial score (nSPS) is 12.8. The van der Waals surface area contributed by atoms with E-state index in [9.17, 15) is 13.2 Å². The molecule has 0 heterocycles. The molecule has 0 saturated heterocycles. The van der Waals surface area contributed by atoms with Crippen LogP contribution < -0.4 is 4.72 Å². The SMILES string of the molecule is CCOC(=O)c1ccc(S(=O)(=O)NCC(c2ccccc2)N(C)C)cc1. The van der Waals surface area contributed by atoms with E-state index in [4.69, 9.17) is 4.74 Å². The lowest BCUT2D eigenvalue weighted by Gasteiger charge is -2.25. The summed E-state index contributed by atoms with van der Waals surface area (Å²) in [7, 11) is 0.125. The first-order chi connectivity index (χ1) is 12.3. The van der Waals surface area contributed by atoms with E-state index in [1.165, 1.54) is 24.3 Å². The van der Waals surface area contributed by atoms with Crippen LogP contribution in [-0.2, 0) is 14.8 Å². The van der Waals surface area contributed by atoms with E-state index in [0.29, 0.717) is 5.56 Å². The molecule has 0 aromatic heterocycles. The van der Waals surface area contributed by atoms with E-state index in [-0.39, 0.29) is 24.1 Å². The average molecular weight is 376 g/mol. The Morgan fingerprint density at radius 1 is 1.08 bits per heavy atom. The Morgan fingerprint density at radius 2 is 1.69 bits per heavy atom. The molecule has 1 unspecified atom stereocenters. The van der Waals surface area contributed by atoms with Gasteiger partial charge in [-0.3, -0.25) is 0 Å². The fourth-order valence-electron chi connectivity index (χ4n) is 2.53. The van der Waals surface area contributed by atoms with Crippen LogP contribution in [0.3, 0.4) is 0 Å². The summed E-state index contributed by atoms with van der Waals surface area (Å²) in [4.78, 5) is 13.7. The summed E-state index contributed by atoms with van der Waals surface area (Å²) in [5.41, 5.74) is 1.35. The van der Waals surface area contributed by atoms with Gasteiger partial charge in [0.05, 0.1) is 17.1 Å². The molecule has 0 bridgehead atoms. The first-order valence-electron chi connectivity index (χ1n) is 8.33. The number of esters is 1. The van der Waals surface area contributed by atoms with Gasteiger partial charge in [-0.25, -0.2) is 17.9 Å². The van der Waals surface area contributed by atoms with Gasteiger partial charge >= 0.3 is 5.97 Å². The first-order valence-corrected chi connectivity index (χ1v) is 9.81. The van der Waals surface area contributed by atoms with Crippen molar-refractivity contribution in [1.29, 1.82) is 0 Å². The van der Waals surface area contributed by atoms with Crippen molar-refractivity contribution in [2.24, 2.45) is 0 Å². The molecule has 7 heteroatoms. The Morgan fingerprint density at radius 3 is 2.23 bits per heavy atom. The molecule has 1 N–H and O–H groups in total. The number of ether oxygens (including phenoxy) is 1. The maximum Gasteiger partial charge on any atom is 0.338 e. The van der Waals surface area contributed by atoms with Crippen LogP contribution in [0.1, 0.15) is 28.9 Å². The van der Waals surface area contributed by atoms with Crippen LogP contribution in [0.2, 0.25) is 0 Å². The van der Waals surface area contributed by atoms with Crippen molar-refractivity contribution < 1.29 is 17.9 Å². The predicted molar refractivity (Wildman–Crippen MR) is 100 cm³/mol. The van der Waals surface area contributed by atoms with Gasteiger partial charge in [-0.2, -0.15) is 0 Å². The van der Waals surface area contributed by atoms with E-state index in [1.54, 1.807) is 6.92 Å². The molecule has 0 aliphatic rings. The number of carbonyl (C=O) groups excluding carboxylic acids is 1. The molecular formula is C19H24N2O4S. The average Bonchev–Trinajstić information content (AvgIpc) is 2.63. The van der Waals surface area contributed by atoms with Crippen LogP contribution in [0, 0.1) is 0 Å². The second kappa shape index (κ2) is 8.93. The lowest BCUT2D eigenvalue weighted by atomic mass is 10.1. The van der Waals surface area contributed by atoms with Crippen molar-refractivity contribution in [3.8, 4) is 0 Å². The topological polar surface area (TPSA) is 75.7 Å². The van der Waals surface area contributed by atoms with Crippen LogP contribution in [0.5, 0.6) is 0 Å². The standard InChI is InChI=1S/C19H24N2O4S/c1-4-25-19(22)16-10-12-17(13-11-16)26(23,24)20-14-18(21(2)3)15-8-6-5-7-9-15/h5-13,18,20H,4,14H2,1-3H3. The van der Waals surface area contributed by atoms with Crippen molar-refractivity contribution in [3.63, 3.8) is 0 Å². The third-order valence-corrected chi connectivity index (χ3v) is 5.39. The van der Waals surface area contributed by atoms with Crippen molar-refractivity contribution in [3.05, 3.63) is 65.7 Å². The molecule has 140 valence electrons. The van der Waals surface area contributed by atoms with Crippen molar-refractivity contribution in [1.82, 2.24) is 9.62 Å². The van der Waals surface area contributed by atoms with Crippen molar-refractivity contribution in [2.45, 2.75) is 17.9 Å². The number of likely N-dealkylation sites (N-methyl/N-ethyl adjacent to an activating group) is 1. The highest BCUT2D eigenvalue weighted by Crippen LogP contribution is 2.18. The zero-order valence-electron chi connectivity index (χ0n) is 15.2. The van der Waals surface area contributed by atoms with Crippen LogP contribution in [-0.4, -0.2) is 46.5 Å². The number of benzene rings is 2. The summed E-state index contributed by atoms with van der Waals surface area (Å²) in [6.07, 6.45) is 0. The minimum atomic E-state index is -3.68. The zero-order chi connectivity index (χ0) is 19.2. The number of nitrogens with zero attached hydrogens (tertiary/aromatic N) is 1. The number of sulfonamides is 1. The number of carbonyl (C=O) groups is 1. The number of hydrogen-bond acceptors (Lipinski definition) is 5. The molecule has 0 aliphatic heterocycles. The van der Waals surface area contributed by atoms with Crippen molar-refractivity contribution in [2.75, 3.05) is 27.2 Å². The lowest BCUT2D eigenvalue weighted by molar-refractivity contribution is 0.0526. The van der Waals surface area contributed by atoms with Crippen molar-refractivity contribution >= 4 is 16.0 Å². The maximum absolute atomic E-state index is 12.6. The third-order valence-electron chi connectivity index (χ3n) is 3.95. The Balaban J connectivity index is 2.11. The van der Waals surface area contributed by atoms with E-state index in [2.05, 4.69) is 4.72 Å². The Labute approximate surface area is 154 Å². The van der Waals surface area contributed by atoms with E-state index in [1.807, 2.05) is 49.3 Å². The van der Waals surface area contributed by atoms with Gasteiger partial charge in [-0.15, -0.1) is 0 Å². The summed E-state index contributed by atoms with van der Waals surface area (Å²) in [5, 5.41) is 0. The molecule has 2 rings (SSSR count). The summed E-state index contributed by atoms with van der Waals surface area (Å²) in [6, 6.07) is 15.3. The van der Waals surface area contributed by atoms with Gasteiger partial charge in [0, 0.05) is 12.6 Å². The molecular weight excluding hydrogens is 352 g/mol. The van der Waals surface area contributed by atoms with Gasteiger partial charge in [0.25, 0.3) is 0 Å². The van der Waals surface area contributed by atoms with Crippen LogP contribution >= 0.6 is 0 Å². The molecule has 0 spiro atoms. The van der Waals surface area contributed by atoms with Crippen LogP contribution in [0.15, 0.2) is 59.5 Å². The molecule has 2 aromatic rings. The monoisotopic (exact) mass is 376 g/mol. The molecule has 0 amide bonds. The maximum atomic E-state index is 12.6. The minimum Gasteiger partial charge on any atom is -0.462 e. The minimum absolute atomic E-state index is 0.0928. The summed E-state index contributed by atoms with van der Waals surface area (Å²) in [6.45, 7) is 2.22. The largest absolute Gasteiger partial charge is 0.462 e. The molecule has 26 heavy (non-hydrogen) atoms. The van der Waals surface area contributed by atoms with E-state index in [0.717, 1.165) is 5.56 Å². The van der Waals surface area contributed by atoms with E-state index < -0.39 is 16.0 Å². The molecule has 0 radical (unpaired) electrons. The van der Waals surface area contributed by atoms with Crippen LogP contribution in [0.25, 0.3) is 0 Å². The van der Waals surface area contributed by atoms with Gasteiger partial charge < -0.3 is 9.64 Å². The highest BCUT2D eigenvalue weighted by Gasteiger charge is 2.20. The highest BCUT2D eigenvalue weighted by atomic mass is 32.2. The number of rotatable bonds is 8. The summed E-state index contributed by atoms with van der Waals surface area (Å²) < 4.78 is 32.6. The zero-order valence-corrected chi connectivity index (χ0v) is 16.0. The second-order valence-corrected chi connectivity index (χ2v) is 7.75. The first kappa shape index (κ1) is 20.1. The number of nitrogens with one attached hydrogen (secondary N) is 1. The number of hydrogen-bond donors (Lipinski definition) is 1. The van der Waals surface area contributed by atoms with Gasteiger partial charge in [-0.1, -0.05) is 30.3 Å². The fraction of sp³-hybridized carbons (Fsp3) is 0.316. The predicted octanol–water partition coefficient (Wildman–Crippen LogP) is 2.44. The molecule has 0 saturated carbocycles. The Bertz CT molecular complexity index is 818. The van der Waals surface area contributed by atoms with Gasteiger partial charge in [0.2, 0.25) is 10.0 Å². The molecule has 0 aliphatic carbocycles. The quantitative estimate of drug-likeness (QED) is 0.716. The Kier molecular flexibility index (Phi) is 6.90. The second-order valence-electron chi connectivity index (χ2n) is 5.99. The summed E-state index contributed by atoms with van der Waals surface area (Å²) >= 11 is 0. The molecule has 0 fully saturated rings. The lowest BCUT2D eigenvalue weighted by Crippen LogP contribution is -2.34. The van der Waals surface area contributed by atoms with Gasteiger partial charge in [0.1, 0.15) is 0 Å². The highest BCUT2D eigenvalue weighted by molar-refractivity contribution is 7.89. The summed E-state index contributed by atoms with van der Waals surface area (Å²) in [5.74, 6) is -0.471. The Hall–Kier alpha value is -2.22. The van der Waals surface area contributed by atoms with Crippen LogP contribution in [0.4, 0.5) is 0 Å². The molecule has 6 nitrogen and oxygen atoms in total. The molecule has 2 aromatic carbocycles. The molecule has 1 atom stereocenters. The van der Waals surface area contributed by atoms with E-state index >= 15 is 0 Å².